The van der Waals surface area contributed by atoms with Gasteiger partial charge in [-0.25, -0.2) is 13.4 Å². The first-order valence-corrected chi connectivity index (χ1v) is 7.60. The molecule has 0 atom stereocenters. The van der Waals surface area contributed by atoms with Gasteiger partial charge in [0, 0.05) is 11.3 Å². The molecule has 0 aliphatic rings. The van der Waals surface area contributed by atoms with E-state index in [0.717, 1.165) is 17.5 Å². The Balaban J connectivity index is 2.30. The van der Waals surface area contributed by atoms with Crippen LogP contribution in [0.25, 0.3) is 0 Å². The molecule has 19 heavy (non-hydrogen) atoms. The van der Waals surface area contributed by atoms with E-state index in [1.807, 2.05) is 0 Å². The third-order valence-corrected chi connectivity index (χ3v) is 5.08. The number of carbonyl (C=O) groups is 1. The van der Waals surface area contributed by atoms with Crippen LogP contribution in [0.5, 0.6) is 0 Å². The summed E-state index contributed by atoms with van der Waals surface area (Å²) in [6.45, 7) is 0. The van der Waals surface area contributed by atoms with Crippen LogP contribution in [0.3, 0.4) is 0 Å². The number of amides is 1. The van der Waals surface area contributed by atoms with Crippen molar-refractivity contribution < 1.29 is 13.2 Å². The highest BCUT2D eigenvalue weighted by atomic mass is 35.5. The third-order valence-electron chi connectivity index (χ3n) is 2.12. The summed E-state index contributed by atoms with van der Waals surface area (Å²) in [4.78, 5) is 14.7. The predicted molar refractivity (Wildman–Crippen MR) is 72.9 cm³/mol. The average Bonchev–Trinajstić information content (AvgIpc) is 2.76. The van der Waals surface area contributed by atoms with E-state index in [1.165, 1.54) is 24.3 Å². The molecule has 100 valence electrons. The zero-order valence-corrected chi connectivity index (χ0v) is 11.7. The Hall–Kier alpha value is -1.64. The first kappa shape index (κ1) is 13.8. The molecule has 0 spiro atoms. The summed E-state index contributed by atoms with van der Waals surface area (Å²) in [7, 11) is -3.77. The molecular formula is C10H8ClN3O3S2. The van der Waals surface area contributed by atoms with Gasteiger partial charge in [-0.2, -0.15) is 0 Å². The average molecular weight is 318 g/mol. The molecule has 2 aromatic rings. The maximum atomic E-state index is 12.0. The van der Waals surface area contributed by atoms with Crippen LogP contribution in [-0.4, -0.2) is 19.3 Å². The molecular weight excluding hydrogens is 310 g/mol. The number of hydrogen-bond acceptors (Lipinski definition) is 5. The molecule has 0 unspecified atom stereocenters. The van der Waals surface area contributed by atoms with Crippen LogP contribution in [0.15, 0.2) is 34.7 Å². The van der Waals surface area contributed by atoms with Gasteiger partial charge < -0.3 is 5.73 Å². The number of nitrogens with zero attached hydrogens (tertiary/aromatic N) is 1. The molecule has 0 aliphatic heterocycles. The van der Waals surface area contributed by atoms with Crippen LogP contribution in [0.2, 0.25) is 4.47 Å². The van der Waals surface area contributed by atoms with Crippen molar-refractivity contribution in [1.29, 1.82) is 0 Å². The molecule has 0 aliphatic carbocycles. The van der Waals surface area contributed by atoms with Crippen molar-refractivity contribution in [1.82, 2.24) is 4.98 Å². The largest absolute Gasteiger partial charge is 0.366 e. The van der Waals surface area contributed by atoms with E-state index in [9.17, 15) is 13.2 Å². The van der Waals surface area contributed by atoms with E-state index in [2.05, 4.69) is 9.71 Å². The molecule has 2 rings (SSSR count). The normalized spacial score (nSPS) is 11.2. The van der Waals surface area contributed by atoms with Gasteiger partial charge in [-0.3, -0.25) is 9.52 Å². The Morgan fingerprint density at radius 1 is 1.42 bits per heavy atom. The number of primary amides is 1. The number of carbonyl (C=O) groups excluding carboxylic acids is 1. The third kappa shape index (κ3) is 3.22. The first-order valence-electron chi connectivity index (χ1n) is 4.92. The fourth-order valence-electron chi connectivity index (χ4n) is 1.30. The Morgan fingerprint density at radius 2 is 2.16 bits per heavy atom. The van der Waals surface area contributed by atoms with Crippen molar-refractivity contribution in [3.63, 3.8) is 0 Å². The molecule has 6 nitrogen and oxygen atoms in total. The molecule has 0 fully saturated rings. The fourth-order valence-corrected chi connectivity index (χ4v) is 3.65. The molecule has 0 saturated heterocycles. The summed E-state index contributed by atoms with van der Waals surface area (Å²) in [5, 5.41) is 0. The minimum Gasteiger partial charge on any atom is -0.366 e. The van der Waals surface area contributed by atoms with E-state index in [-0.39, 0.29) is 19.9 Å². The topological polar surface area (TPSA) is 102 Å². The Morgan fingerprint density at radius 3 is 2.74 bits per heavy atom. The fraction of sp³-hybridized carbons (Fsp3) is 0. The van der Waals surface area contributed by atoms with Crippen LogP contribution in [-0.2, 0) is 10.0 Å². The Bertz CT molecular complexity index is 727. The summed E-state index contributed by atoms with van der Waals surface area (Å²) < 4.78 is 26.4. The second-order valence-corrected chi connectivity index (χ2v) is 7.00. The molecule has 9 heteroatoms. The zero-order valence-electron chi connectivity index (χ0n) is 9.33. The van der Waals surface area contributed by atoms with Crippen LogP contribution in [0.1, 0.15) is 10.4 Å². The van der Waals surface area contributed by atoms with Crippen LogP contribution in [0.4, 0.5) is 5.69 Å². The van der Waals surface area contributed by atoms with Crippen molar-refractivity contribution in [3.8, 4) is 0 Å². The summed E-state index contributed by atoms with van der Waals surface area (Å²) in [6, 6.07) is 5.87. The lowest BCUT2D eigenvalue weighted by atomic mass is 10.2. The lowest BCUT2D eigenvalue weighted by Gasteiger charge is -2.06. The monoisotopic (exact) mass is 317 g/mol. The van der Waals surface area contributed by atoms with E-state index in [4.69, 9.17) is 17.3 Å². The molecule has 0 radical (unpaired) electrons. The van der Waals surface area contributed by atoms with Crippen molar-refractivity contribution in [2.75, 3.05) is 4.72 Å². The van der Waals surface area contributed by atoms with Crippen LogP contribution < -0.4 is 10.5 Å². The number of aromatic nitrogens is 1. The summed E-state index contributed by atoms with van der Waals surface area (Å²) in [5.41, 5.74) is 5.57. The second kappa shape index (κ2) is 5.16. The van der Waals surface area contributed by atoms with Crippen molar-refractivity contribution in [2.45, 2.75) is 4.21 Å². The molecule has 1 heterocycles. The lowest BCUT2D eigenvalue weighted by molar-refractivity contribution is 0.100. The number of nitrogens with one attached hydrogen (secondary N) is 1. The molecule has 0 saturated carbocycles. The molecule has 1 amide bonds. The highest BCUT2D eigenvalue weighted by molar-refractivity contribution is 7.94. The number of hydrogen-bond donors (Lipinski definition) is 2. The quantitative estimate of drug-likeness (QED) is 0.895. The highest BCUT2D eigenvalue weighted by Gasteiger charge is 2.18. The minimum atomic E-state index is -3.77. The van der Waals surface area contributed by atoms with Crippen LogP contribution in [0, 0.1) is 0 Å². The SMILES string of the molecule is NC(=O)c1cccc(NS(=O)(=O)c2cnc(Cl)s2)c1. The second-order valence-electron chi connectivity index (χ2n) is 3.48. The smallest absolute Gasteiger partial charge is 0.273 e. The molecule has 1 aromatic carbocycles. The van der Waals surface area contributed by atoms with Gasteiger partial charge in [0.05, 0.1) is 6.20 Å². The maximum Gasteiger partial charge on any atom is 0.273 e. The van der Waals surface area contributed by atoms with Gasteiger partial charge in [0.1, 0.15) is 0 Å². The number of sulfonamides is 1. The molecule has 3 N–H and O–H groups in total. The maximum absolute atomic E-state index is 12.0. The summed E-state index contributed by atoms with van der Waals surface area (Å²) >= 11 is 6.43. The first-order chi connectivity index (χ1) is 8.88. The highest BCUT2D eigenvalue weighted by Crippen LogP contribution is 2.24. The van der Waals surface area contributed by atoms with Crippen molar-refractivity contribution >= 4 is 44.6 Å². The van der Waals surface area contributed by atoms with Gasteiger partial charge in [-0.05, 0) is 18.2 Å². The van der Waals surface area contributed by atoms with Gasteiger partial charge in [-0.1, -0.05) is 29.0 Å². The lowest BCUT2D eigenvalue weighted by Crippen LogP contribution is -2.14. The Labute approximate surface area is 118 Å². The molecule has 0 bridgehead atoms. The standard InChI is InChI=1S/C10H8ClN3O3S2/c11-10-13-5-8(18-10)19(16,17)14-7-3-1-2-6(4-7)9(12)15/h1-5,14H,(H2,12,15). The van der Waals surface area contributed by atoms with E-state index in [1.54, 1.807) is 0 Å². The molecule has 1 aromatic heterocycles. The zero-order chi connectivity index (χ0) is 14.0. The summed E-state index contributed by atoms with van der Waals surface area (Å²) in [6.07, 6.45) is 1.16. The number of nitrogens with two attached hydrogens (primary N) is 1. The van der Waals surface area contributed by atoms with Gasteiger partial charge >= 0.3 is 0 Å². The van der Waals surface area contributed by atoms with Gasteiger partial charge in [0.2, 0.25) is 5.91 Å². The minimum absolute atomic E-state index is 0.0121. The van der Waals surface area contributed by atoms with Gasteiger partial charge in [-0.15, -0.1) is 0 Å². The number of thiazole rings is 1. The number of benzene rings is 1. The Kier molecular flexibility index (Phi) is 3.74. The van der Waals surface area contributed by atoms with E-state index < -0.39 is 15.9 Å². The number of rotatable bonds is 4. The van der Waals surface area contributed by atoms with Crippen molar-refractivity contribution in [3.05, 3.63) is 40.5 Å². The number of halogens is 1. The summed E-state index contributed by atoms with van der Waals surface area (Å²) in [5.74, 6) is -0.637. The van der Waals surface area contributed by atoms with E-state index >= 15 is 0 Å². The van der Waals surface area contributed by atoms with Gasteiger partial charge in [0.25, 0.3) is 10.0 Å². The van der Waals surface area contributed by atoms with Gasteiger partial charge in [0.15, 0.2) is 8.68 Å². The van der Waals surface area contributed by atoms with Crippen molar-refractivity contribution in [2.24, 2.45) is 5.73 Å². The van der Waals surface area contributed by atoms with E-state index in [0.29, 0.717) is 0 Å². The predicted octanol–water partition coefficient (Wildman–Crippen LogP) is 1.70. The van der Waals surface area contributed by atoms with Crippen LogP contribution >= 0.6 is 22.9 Å². The number of anilines is 1.